The zero-order valence-electron chi connectivity index (χ0n) is 15.9. The number of pyridine rings is 1. The molecule has 1 aliphatic rings. The number of rotatable bonds is 7. The van der Waals surface area contributed by atoms with Gasteiger partial charge in [-0.3, -0.25) is 9.69 Å². The average molecular weight is 433 g/mol. The van der Waals surface area contributed by atoms with Crippen molar-refractivity contribution in [3.8, 4) is 5.75 Å². The second kappa shape index (κ2) is 8.85. The Morgan fingerprint density at radius 3 is 2.48 bits per heavy atom. The molecule has 1 amide bonds. The fraction of sp³-hybridized carbons (Fsp3) is 0.429. The lowest BCUT2D eigenvalue weighted by Gasteiger charge is -2.36. The van der Waals surface area contributed by atoms with Gasteiger partial charge in [-0.1, -0.05) is 19.1 Å². The van der Waals surface area contributed by atoms with Gasteiger partial charge in [0.15, 0.2) is 0 Å². The van der Waals surface area contributed by atoms with Gasteiger partial charge in [0.05, 0.1) is 24.2 Å². The summed E-state index contributed by atoms with van der Waals surface area (Å²) in [5, 5.41) is 0. The van der Waals surface area contributed by atoms with Gasteiger partial charge in [0.2, 0.25) is 5.91 Å². The van der Waals surface area contributed by atoms with Crippen LogP contribution in [-0.2, 0) is 22.5 Å². The second-order valence-electron chi connectivity index (χ2n) is 6.80. The Hall–Kier alpha value is -1.92. The first-order chi connectivity index (χ1) is 13.0. The summed E-state index contributed by atoms with van der Waals surface area (Å²) in [6, 6.07) is 9.81. The van der Waals surface area contributed by atoms with Gasteiger partial charge in [-0.25, -0.2) is 4.98 Å². The van der Waals surface area contributed by atoms with Crippen LogP contribution >= 0.6 is 15.9 Å². The van der Waals surface area contributed by atoms with Gasteiger partial charge in [0, 0.05) is 19.2 Å². The molecule has 0 radical (unpaired) electrons. The van der Waals surface area contributed by atoms with E-state index in [1.807, 2.05) is 36.5 Å². The van der Waals surface area contributed by atoms with E-state index >= 15 is 0 Å². The van der Waals surface area contributed by atoms with E-state index in [4.69, 9.17) is 9.47 Å². The second-order valence-corrected chi connectivity index (χ2v) is 7.66. The molecule has 0 saturated heterocycles. The summed E-state index contributed by atoms with van der Waals surface area (Å²) in [6.45, 7) is 2.55. The van der Waals surface area contributed by atoms with E-state index in [-0.39, 0.29) is 17.9 Å². The highest BCUT2D eigenvalue weighted by atomic mass is 79.9. The lowest BCUT2D eigenvalue weighted by molar-refractivity contribution is -0.130. The number of amides is 1. The average Bonchev–Trinajstić information content (AvgIpc) is 2.66. The number of methoxy groups -OCH3 is 2. The summed E-state index contributed by atoms with van der Waals surface area (Å²) < 4.78 is 11.4. The molecule has 27 heavy (non-hydrogen) atoms. The fourth-order valence-electron chi connectivity index (χ4n) is 3.21. The highest BCUT2D eigenvalue weighted by Crippen LogP contribution is 2.35. The topological polar surface area (TPSA) is 51.7 Å². The van der Waals surface area contributed by atoms with Crippen LogP contribution in [0.4, 0.5) is 5.82 Å². The summed E-state index contributed by atoms with van der Waals surface area (Å²) >= 11 is 3.61. The normalized spacial score (nSPS) is 18.7. The molecular formula is C21H25BrN2O3. The maximum atomic E-state index is 13.2. The molecule has 0 atom stereocenters. The molecule has 0 bridgehead atoms. The molecule has 1 aromatic heterocycles. The van der Waals surface area contributed by atoms with Gasteiger partial charge in [-0.15, -0.1) is 0 Å². The Bertz CT molecular complexity index is 789. The van der Waals surface area contributed by atoms with Crippen LogP contribution in [0.3, 0.4) is 0 Å². The maximum absolute atomic E-state index is 13.2. The molecule has 2 aromatic rings. The van der Waals surface area contributed by atoms with Crippen LogP contribution in [0.2, 0.25) is 0 Å². The van der Waals surface area contributed by atoms with E-state index in [1.54, 1.807) is 19.1 Å². The summed E-state index contributed by atoms with van der Waals surface area (Å²) in [5.74, 6) is 1.53. The number of ether oxygens (including phenoxy) is 2. The van der Waals surface area contributed by atoms with Crippen LogP contribution in [0.15, 0.2) is 41.0 Å². The van der Waals surface area contributed by atoms with Crippen LogP contribution in [0.1, 0.15) is 30.9 Å². The zero-order valence-corrected chi connectivity index (χ0v) is 17.5. The van der Waals surface area contributed by atoms with Gasteiger partial charge < -0.3 is 9.47 Å². The van der Waals surface area contributed by atoms with Crippen molar-refractivity contribution in [2.24, 2.45) is 5.92 Å². The van der Waals surface area contributed by atoms with Gasteiger partial charge in [0.1, 0.15) is 11.6 Å². The molecule has 5 nitrogen and oxygen atoms in total. The van der Waals surface area contributed by atoms with Gasteiger partial charge >= 0.3 is 0 Å². The van der Waals surface area contributed by atoms with Gasteiger partial charge in [0.25, 0.3) is 0 Å². The van der Waals surface area contributed by atoms with E-state index < -0.39 is 0 Å². The molecular weight excluding hydrogens is 408 g/mol. The molecule has 0 unspecified atom stereocenters. The standard InChI is InChI=1S/C21H25BrN2O3/c1-4-14-9-19(22)20(23-12-14)24(21(25)16-10-18(11-16)27-3)13-15-5-7-17(26-2)8-6-15/h5-9,12,16,18H,4,10-11,13H2,1-3H3. The Morgan fingerprint density at radius 1 is 1.22 bits per heavy atom. The fourth-order valence-corrected chi connectivity index (χ4v) is 3.82. The number of carbonyl (C=O) groups is 1. The van der Waals surface area contributed by atoms with E-state index in [9.17, 15) is 4.79 Å². The first-order valence-corrected chi connectivity index (χ1v) is 9.96. The first kappa shape index (κ1) is 19.8. The largest absolute Gasteiger partial charge is 0.497 e. The Labute approximate surface area is 168 Å². The third kappa shape index (κ3) is 4.50. The van der Waals surface area contributed by atoms with Crippen LogP contribution in [0, 0.1) is 5.92 Å². The van der Waals surface area contributed by atoms with Gasteiger partial charge in [-0.2, -0.15) is 0 Å². The third-order valence-electron chi connectivity index (χ3n) is 5.09. The van der Waals surface area contributed by atoms with Crippen molar-refractivity contribution in [2.75, 3.05) is 19.1 Å². The molecule has 0 spiro atoms. The minimum absolute atomic E-state index is 0.0206. The van der Waals surface area contributed by atoms with Crippen LogP contribution in [0.25, 0.3) is 0 Å². The molecule has 3 rings (SSSR count). The van der Waals surface area contributed by atoms with Crippen molar-refractivity contribution >= 4 is 27.7 Å². The van der Waals surface area contributed by atoms with E-state index in [2.05, 4.69) is 27.8 Å². The van der Waals surface area contributed by atoms with Crippen LogP contribution < -0.4 is 9.64 Å². The molecule has 0 N–H and O–H groups in total. The van der Waals surface area contributed by atoms with Crippen molar-refractivity contribution in [1.82, 2.24) is 4.98 Å². The molecule has 1 fully saturated rings. The lowest BCUT2D eigenvalue weighted by Crippen LogP contribution is -2.44. The van der Waals surface area contributed by atoms with Crippen LogP contribution in [0.5, 0.6) is 5.75 Å². The lowest BCUT2D eigenvalue weighted by atomic mass is 9.81. The highest BCUT2D eigenvalue weighted by molar-refractivity contribution is 9.10. The molecule has 0 aliphatic heterocycles. The quantitative estimate of drug-likeness (QED) is 0.651. The predicted molar refractivity (Wildman–Crippen MR) is 109 cm³/mol. The monoisotopic (exact) mass is 432 g/mol. The molecule has 144 valence electrons. The van der Waals surface area contributed by atoms with Crippen molar-refractivity contribution in [1.29, 1.82) is 0 Å². The molecule has 6 heteroatoms. The number of hydrogen-bond acceptors (Lipinski definition) is 4. The Balaban J connectivity index is 1.87. The molecule has 1 heterocycles. The number of benzene rings is 1. The molecule has 1 aromatic carbocycles. The summed E-state index contributed by atoms with van der Waals surface area (Å²) in [5.41, 5.74) is 2.16. The summed E-state index contributed by atoms with van der Waals surface area (Å²) in [6.07, 6.45) is 4.45. The number of nitrogens with zero attached hydrogens (tertiary/aromatic N) is 2. The van der Waals surface area contributed by atoms with Crippen molar-refractivity contribution < 1.29 is 14.3 Å². The summed E-state index contributed by atoms with van der Waals surface area (Å²) in [4.78, 5) is 19.6. The van der Waals surface area contributed by atoms with E-state index in [1.165, 1.54) is 0 Å². The summed E-state index contributed by atoms with van der Waals surface area (Å²) in [7, 11) is 3.34. The number of aryl methyl sites for hydroxylation is 1. The number of hydrogen-bond donors (Lipinski definition) is 0. The minimum atomic E-state index is -0.0206. The predicted octanol–water partition coefficient (Wildman–Crippen LogP) is 4.37. The maximum Gasteiger partial charge on any atom is 0.231 e. The number of halogens is 1. The van der Waals surface area contributed by atoms with Crippen LogP contribution in [-0.4, -0.2) is 31.2 Å². The number of aromatic nitrogens is 1. The van der Waals surface area contributed by atoms with Crippen molar-refractivity contribution in [3.05, 3.63) is 52.1 Å². The van der Waals surface area contributed by atoms with E-state index in [0.29, 0.717) is 12.4 Å². The molecule has 1 saturated carbocycles. The van der Waals surface area contributed by atoms with Gasteiger partial charge in [-0.05, 0) is 64.5 Å². The minimum Gasteiger partial charge on any atom is -0.497 e. The number of carbonyl (C=O) groups excluding carboxylic acids is 1. The van der Waals surface area contributed by atoms with Crippen molar-refractivity contribution in [3.63, 3.8) is 0 Å². The third-order valence-corrected chi connectivity index (χ3v) is 5.67. The molecule has 1 aliphatic carbocycles. The Kier molecular flexibility index (Phi) is 6.50. The SMILES string of the molecule is CCc1cnc(N(Cc2ccc(OC)cc2)C(=O)C2CC(OC)C2)c(Br)c1. The Morgan fingerprint density at radius 2 is 1.93 bits per heavy atom. The highest BCUT2D eigenvalue weighted by Gasteiger charge is 2.38. The smallest absolute Gasteiger partial charge is 0.231 e. The van der Waals surface area contributed by atoms with Crippen molar-refractivity contribution in [2.45, 2.75) is 38.8 Å². The first-order valence-electron chi connectivity index (χ1n) is 9.17. The van der Waals surface area contributed by atoms with E-state index in [0.717, 1.165) is 40.6 Å². The zero-order chi connectivity index (χ0) is 19.4. The number of anilines is 1.